The molecular weight excluding hydrogens is 297 g/mol. The van der Waals surface area contributed by atoms with Crippen LogP contribution in [0.3, 0.4) is 0 Å². The van der Waals surface area contributed by atoms with E-state index in [1.54, 1.807) is 18.5 Å². The molecule has 0 fully saturated rings. The highest BCUT2D eigenvalue weighted by Gasteiger charge is 2.14. The van der Waals surface area contributed by atoms with Crippen LogP contribution in [0.25, 0.3) is 0 Å². The van der Waals surface area contributed by atoms with Gasteiger partial charge in [0.2, 0.25) is 0 Å². The van der Waals surface area contributed by atoms with Crippen molar-refractivity contribution < 1.29 is 4.39 Å². The maximum atomic E-state index is 13.5. The molecule has 3 nitrogen and oxygen atoms in total. The summed E-state index contributed by atoms with van der Waals surface area (Å²) in [5.41, 5.74) is 5.38. The summed E-state index contributed by atoms with van der Waals surface area (Å²) in [6, 6.07) is 6.63. The molecule has 2 aromatic rings. The fourth-order valence-corrected chi connectivity index (χ4v) is 2.06. The average molecular weight is 310 g/mol. The first-order valence-electron chi connectivity index (χ1n) is 5.44. The van der Waals surface area contributed by atoms with E-state index in [1.165, 1.54) is 6.07 Å². The number of pyridine rings is 1. The summed E-state index contributed by atoms with van der Waals surface area (Å²) in [6.45, 7) is 1.95. The molecule has 0 spiro atoms. The van der Waals surface area contributed by atoms with Gasteiger partial charge in [0.15, 0.2) is 0 Å². The quantitative estimate of drug-likeness (QED) is 0.677. The minimum absolute atomic E-state index is 0.278. The molecule has 0 aliphatic rings. The van der Waals surface area contributed by atoms with Crippen LogP contribution in [-0.4, -0.2) is 4.98 Å². The molecule has 94 valence electrons. The number of hydrazine groups is 1. The van der Waals surface area contributed by atoms with Gasteiger partial charge in [0.25, 0.3) is 0 Å². The van der Waals surface area contributed by atoms with Crippen LogP contribution in [-0.2, 0) is 0 Å². The summed E-state index contributed by atoms with van der Waals surface area (Å²) in [4.78, 5) is 4.12. The number of nitrogens with zero attached hydrogens (tertiary/aromatic N) is 1. The van der Waals surface area contributed by atoms with Crippen LogP contribution in [0.1, 0.15) is 22.7 Å². The minimum atomic E-state index is -0.312. The largest absolute Gasteiger partial charge is 0.271 e. The van der Waals surface area contributed by atoms with Gasteiger partial charge in [-0.3, -0.25) is 10.8 Å². The van der Waals surface area contributed by atoms with Gasteiger partial charge >= 0.3 is 0 Å². The Hall–Kier alpha value is -1.30. The van der Waals surface area contributed by atoms with Crippen molar-refractivity contribution in [1.29, 1.82) is 0 Å². The lowest BCUT2D eigenvalue weighted by molar-refractivity contribution is 0.600. The third-order valence-corrected chi connectivity index (χ3v) is 3.32. The second-order valence-corrected chi connectivity index (χ2v) is 4.92. The third kappa shape index (κ3) is 2.75. The summed E-state index contributed by atoms with van der Waals surface area (Å²) in [5, 5.41) is 0. The van der Waals surface area contributed by atoms with Crippen LogP contribution < -0.4 is 11.3 Å². The number of aromatic nitrogens is 1. The molecule has 1 aromatic heterocycles. The molecular formula is C13H13BrFN3. The first-order chi connectivity index (χ1) is 8.61. The van der Waals surface area contributed by atoms with Crippen molar-refractivity contribution >= 4 is 15.9 Å². The number of halogens is 2. The number of nitrogens with two attached hydrogens (primary N) is 1. The zero-order valence-electron chi connectivity index (χ0n) is 9.82. The lowest BCUT2D eigenvalue weighted by atomic mass is 10.00. The fraction of sp³-hybridized carbons (Fsp3) is 0.154. The molecule has 2 rings (SSSR count). The number of nitrogens with one attached hydrogen (secondary N) is 1. The Balaban J connectivity index is 2.42. The SMILES string of the molecule is Cc1cncc(C(NN)c2ccc(Br)c(F)c2)c1. The van der Waals surface area contributed by atoms with E-state index in [9.17, 15) is 4.39 Å². The first-order valence-corrected chi connectivity index (χ1v) is 6.23. The molecule has 1 aromatic carbocycles. The Morgan fingerprint density at radius 3 is 2.67 bits per heavy atom. The van der Waals surface area contributed by atoms with E-state index in [2.05, 4.69) is 26.3 Å². The van der Waals surface area contributed by atoms with E-state index in [0.29, 0.717) is 4.47 Å². The molecule has 0 saturated carbocycles. The standard InChI is InChI=1S/C13H13BrFN3/c1-8-4-10(7-17-6-8)13(18-16)9-2-3-11(14)12(15)5-9/h2-7,13,18H,16H2,1H3. The van der Waals surface area contributed by atoms with E-state index in [-0.39, 0.29) is 11.9 Å². The maximum Gasteiger partial charge on any atom is 0.137 e. The first kappa shape index (κ1) is 13.1. The molecule has 0 amide bonds. The number of hydrogen-bond acceptors (Lipinski definition) is 3. The van der Waals surface area contributed by atoms with Crippen molar-refractivity contribution in [3.8, 4) is 0 Å². The van der Waals surface area contributed by atoms with Crippen molar-refractivity contribution in [1.82, 2.24) is 10.4 Å². The molecule has 3 N–H and O–H groups in total. The third-order valence-electron chi connectivity index (χ3n) is 2.67. The molecule has 0 aliphatic heterocycles. The van der Waals surface area contributed by atoms with E-state index < -0.39 is 0 Å². The predicted octanol–water partition coefficient (Wildman–Crippen LogP) is 2.84. The summed E-state index contributed by atoms with van der Waals surface area (Å²) < 4.78 is 14.0. The normalized spacial score (nSPS) is 12.4. The highest BCUT2D eigenvalue weighted by molar-refractivity contribution is 9.10. The predicted molar refractivity (Wildman–Crippen MR) is 72.2 cm³/mol. The zero-order valence-corrected chi connectivity index (χ0v) is 11.4. The van der Waals surface area contributed by atoms with Crippen LogP contribution in [0.4, 0.5) is 4.39 Å². The molecule has 5 heteroatoms. The second kappa shape index (κ2) is 5.56. The fourth-order valence-electron chi connectivity index (χ4n) is 1.81. The molecule has 0 bridgehead atoms. The highest BCUT2D eigenvalue weighted by Crippen LogP contribution is 2.25. The minimum Gasteiger partial charge on any atom is -0.271 e. The van der Waals surface area contributed by atoms with Crippen molar-refractivity contribution in [2.75, 3.05) is 0 Å². The van der Waals surface area contributed by atoms with Gasteiger partial charge in [0.05, 0.1) is 10.5 Å². The highest BCUT2D eigenvalue weighted by atomic mass is 79.9. The number of aryl methyl sites for hydroxylation is 1. The Morgan fingerprint density at radius 2 is 2.06 bits per heavy atom. The average Bonchev–Trinajstić information content (AvgIpc) is 2.35. The van der Waals surface area contributed by atoms with E-state index in [4.69, 9.17) is 5.84 Å². The van der Waals surface area contributed by atoms with E-state index in [1.807, 2.05) is 19.1 Å². The maximum absolute atomic E-state index is 13.5. The van der Waals surface area contributed by atoms with Crippen LogP contribution in [0.15, 0.2) is 41.1 Å². The number of hydrogen-bond donors (Lipinski definition) is 2. The van der Waals surface area contributed by atoms with Crippen LogP contribution in [0.2, 0.25) is 0 Å². The molecule has 0 saturated heterocycles. The van der Waals surface area contributed by atoms with Gasteiger partial charge < -0.3 is 0 Å². The molecule has 0 radical (unpaired) electrons. The van der Waals surface area contributed by atoms with Crippen LogP contribution in [0, 0.1) is 12.7 Å². The molecule has 1 unspecified atom stereocenters. The van der Waals surface area contributed by atoms with Gasteiger partial charge in [-0.1, -0.05) is 12.1 Å². The van der Waals surface area contributed by atoms with Crippen molar-refractivity contribution in [2.24, 2.45) is 5.84 Å². The van der Waals surface area contributed by atoms with Crippen LogP contribution in [0.5, 0.6) is 0 Å². The van der Waals surface area contributed by atoms with Crippen molar-refractivity contribution in [3.63, 3.8) is 0 Å². The van der Waals surface area contributed by atoms with E-state index >= 15 is 0 Å². The Bertz CT molecular complexity index is 560. The van der Waals surface area contributed by atoms with Crippen molar-refractivity contribution in [2.45, 2.75) is 13.0 Å². The molecule has 0 aliphatic carbocycles. The van der Waals surface area contributed by atoms with Gasteiger partial charge in [-0.25, -0.2) is 9.82 Å². The molecule has 1 atom stereocenters. The summed E-state index contributed by atoms with van der Waals surface area (Å²) in [5.74, 6) is 5.25. The summed E-state index contributed by atoms with van der Waals surface area (Å²) in [6.07, 6.45) is 3.48. The summed E-state index contributed by atoms with van der Waals surface area (Å²) in [7, 11) is 0. The zero-order chi connectivity index (χ0) is 13.1. The van der Waals surface area contributed by atoms with Gasteiger partial charge in [-0.15, -0.1) is 0 Å². The smallest absolute Gasteiger partial charge is 0.137 e. The van der Waals surface area contributed by atoms with Gasteiger partial charge in [0, 0.05) is 12.4 Å². The van der Waals surface area contributed by atoms with Gasteiger partial charge in [-0.2, -0.15) is 0 Å². The van der Waals surface area contributed by atoms with Gasteiger partial charge in [0.1, 0.15) is 5.82 Å². The topological polar surface area (TPSA) is 50.9 Å². The number of rotatable bonds is 3. The van der Waals surface area contributed by atoms with Crippen LogP contribution >= 0.6 is 15.9 Å². The lowest BCUT2D eigenvalue weighted by Gasteiger charge is -2.17. The molecule has 18 heavy (non-hydrogen) atoms. The summed E-state index contributed by atoms with van der Waals surface area (Å²) >= 11 is 3.13. The van der Waals surface area contributed by atoms with E-state index in [0.717, 1.165) is 16.7 Å². The van der Waals surface area contributed by atoms with Crippen molar-refractivity contribution in [3.05, 3.63) is 63.6 Å². The Morgan fingerprint density at radius 1 is 1.28 bits per heavy atom. The second-order valence-electron chi connectivity index (χ2n) is 4.07. The molecule has 1 heterocycles. The number of benzene rings is 1. The van der Waals surface area contributed by atoms with Gasteiger partial charge in [-0.05, 0) is 51.7 Å². The lowest BCUT2D eigenvalue weighted by Crippen LogP contribution is -2.29. The monoisotopic (exact) mass is 309 g/mol. The Labute approximate surface area is 113 Å². The Kier molecular flexibility index (Phi) is 4.06.